The van der Waals surface area contributed by atoms with Crippen LogP contribution in [0.1, 0.15) is 23.6 Å². The Morgan fingerprint density at radius 2 is 1.56 bits per heavy atom. The Kier molecular flexibility index (Phi) is 7.25. The lowest BCUT2D eigenvalue weighted by atomic mass is 10.0. The molecular formula is C24H31N3O4S. The SMILES string of the molecule is Cc1ccc(S(=O)(=O)N2CCCN([C@H](C(=O)N3CCOCC3)c3ccccc3)CC2)cc1. The number of carbonyl (C=O) groups is 1. The Labute approximate surface area is 190 Å². The second kappa shape index (κ2) is 10.1. The summed E-state index contributed by atoms with van der Waals surface area (Å²) in [6.07, 6.45) is 0.671. The second-order valence-corrected chi connectivity index (χ2v) is 10.3. The zero-order chi connectivity index (χ0) is 22.6. The summed E-state index contributed by atoms with van der Waals surface area (Å²) in [4.78, 5) is 17.9. The summed E-state index contributed by atoms with van der Waals surface area (Å²) >= 11 is 0. The number of aryl methyl sites for hydroxylation is 1. The molecule has 32 heavy (non-hydrogen) atoms. The standard InChI is InChI=1S/C24H31N3O4S/c1-20-8-10-22(11-9-20)32(29,30)27-13-5-12-25(14-15-27)23(21-6-3-2-4-7-21)24(28)26-16-18-31-19-17-26/h2-4,6-11,23H,5,12-19H2,1H3/t23-/m0/s1. The first-order valence-electron chi connectivity index (χ1n) is 11.2. The molecule has 2 aliphatic rings. The van der Waals surface area contributed by atoms with E-state index in [2.05, 4.69) is 4.90 Å². The minimum Gasteiger partial charge on any atom is -0.378 e. The Morgan fingerprint density at radius 1 is 0.875 bits per heavy atom. The van der Waals surface area contributed by atoms with E-state index in [1.54, 1.807) is 16.4 Å². The fourth-order valence-corrected chi connectivity index (χ4v) is 5.84. The minimum absolute atomic E-state index is 0.0642. The molecule has 0 radical (unpaired) electrons. The van der Waals surface area contributed by atoms with E-state index in [-0.39, 0.29) is 5.91 Å². The monoisotopic (exact) mass is 457 g/mol. The average Bonchev–Trinajstić information content (AvgIpc) is 3.08. The maximum atomic E-state index is 13.5. The van der Waals surface area contributed by atoms with Crippen LogP contribution in [-0.4, -0.2) is 80.9 Å². The zero-order valence-electron chi connectivity index (χ0n) is 18.5. The molecule has 2 fully saturated rings. The van der Waals surface area contributed by atoms with Gasteiger partial charge >= 0.3 is 0 Å². The molecule has 2 aromatic rings. The molecule has 1 amide bonds. The first-order valence-corrected chi connectivity index (χ1v) is 12.6. The molecular weight excluding hydrogens is 426 g/mol. The van der Waals surface area contributed by atoms with Gasteiger partial charge in [-0.05, 0) is 31.0 Å². The smallest absolute Gasteiger partial charge is 0.244 e. The van der Waals surface area contributed by atoms with Gasteiger partial charge in [-0.3, -0.25) is 9.69 Å². The van der Waals surface area contributed by atoms with E-state index in [4.69, 9.17) is 4.74 Å². The van der Waals surface area contributed by atoms with E-state index in [0.717, 1.165) is 11.1 Å². The maximum Gasteiger partial charge on any atom is 0.244 e. The van der Waals surface area contributed by atoms with Gasteiger partial charge in [0.1, 0.15) is 6.04 Å². The average molecular weight is 458 g/mol. The van der Waals surface area contributed by atoms with Crippen LogP contribution in [0, 0.1) is 6.92 Å². The summed E-state index contributed by atoms with van der Waals surface area (Å²) in [7, 11) is -3.56. The molecule has 0 bridgehead atoms. The molecule has 0 N–H and O–H groups in total. The highest BCUT2D eigenvalue weighted by Gasteiger charge is 2.35. The number of amides is 1. The highest BCUT2D eigenvalue weighted by atomic mass is 32.2. The summed E-state index contributed by atoms with van der Waals surface area (Å²) < 4.78 is 33.4. The van der Waals surface area contributed by atoms with Gasteiger partial charge in [0.15, 0.2) is 0 Å². The van der Waals surface area contributed by atoms with Gasteiger partial charge in [0.05, 0.1) is 18.1 Å². The lowest BCUT2D eigenvalue weighted by molar-refractivity contribution is -0.141. The van der Waals surface area contributed by atoms with Crippen LogP contribution in [0.2, 0.25) is 0 Å². The van der Waals surface area contributed by atoms with Crippen molar-refractivity contribution in [3.05, 3.63) is 65.7 Å². The summed E-state index contributed by atoms with van der Waals surface area (Å²) in [6.45, 7) is 6.18. The van der Waals surface area contributed by atoms with Crippen molar-refractivity contribution in [3.63, 3.8) is 0 Å². The molecule has 8 heteroatoms. The van der Waals surface area contributed by atoms with Crippen LogP contribution < -0.4 is 0 Å². The van der Waals surface area contributed by atoms with Crippen LogP contribution in [0.5, 0.6) is 0 Å². The number of carbonyl (C=O) groups excluding carboxylic acids is 1. The van der Waals surface area contributed by atoms with Crippen molar-refractivity contribution >= 4 is 15.9 Å². The van der Waals surface area contributed by atoms with Crippen LogP contribution in [-0.2, 0) is 19.6 Å². The summed E-state index contributed by atoms with van der Waals surface area (Å²) in [5.41, 5.74) is 1.97. The van der Waals surface area contributed by atoms with Crippen molar-refractivity contribution in [2.45, 2.75) is 24.3 Å². The Hall–Kier alpha value is -2.26. The molecule has 2 aromatic carbocycles. The number of ether oxygens (including phenoxy) is 1. The number of hydrogen-bond donors (Lipinski definition) is 0. The highest BCUT2D eigenvalue weighted by molar-refractivity contribution is 7.89. The minimum atomic E-state index is -3.56. The van der Waals surface area contributed by atoms with Crippen molar-refractivity contribution in [2.24, 2.45) is 0 Å². The predicted octanol–water partition coefficient (Wildman–Crippen LogP) is 2.29. The molecule has 4 rings (SSSR count). The number of sulfonamides is 1. The third kappa shape index (κ3) is 5.04. The maximum absolute atomic E-state index is 13.5. The van der Waals surface area contributed by atoms with E-state index in [1.165, 1.54) is 0 Å². The first-order chi connectivity index (χ1) is 15.5. The highest BCUT2D eigenvalue weighted by Crippen LogP contribution is 2.27. The topological polar surface area (TPSA) is 70.2 Å². The Bertz CT molecular complexity index is 1010. The molecule has 172 valence electrons. The summed E-state index contributed by atoms with van der Waals surface area (Å²) in [6, 6.07) is 16.4. The molecule has 0 saturated carbocycles. The fourth-order valence-electron chi connectivity index (χ4n) is 4.37. The van der Waals surface area contributed by atoms with E-state index < -0.39 is 16.1 Å². The molecule has 7 nitrogen and oxygen atoms in total. The quantitative estimate of drug-likeness (QED) is 0.689. The lowest BCUT2D eigenvalue weighted by Gasteiger charge is -2.36. The van der Waals surface area contributed by atoms with E-state index in [1.807, 2.05) is 54.3 Å². The molecule has 0 spiro atoms. The third-order valence-electron chi connectivity index (χ3n) is 6.19. The van der Waals surface area contributed by atoms with Crippen molar-refractivity contribution < 1.29 is 17.9 Å². The van der Waals surface area contributed by atoms with Crippen LogP contribution in [0.4, 0.5) is 0 Å². The largest absolute Gasteiger partial charge is 0.378 e. The van der Waals surface area contributed by atoms with Crippen molar-refractivity contribution in [3.8, 4) is 0 Å². The van der Waals surface area contributed by atoms with Gasteiger partial charge in [-0.1, -0.05) is 48.0 Å². The van der Waals surface area contributed by atoms with Crippen molar-refractivity contribution in [2.75, 3.05) is 52.5 Å². The van der Waals surface area contributed by atoms with Crippen molar-refractivity contribution in [1.82, 2.24) is 14.1 Å². The van der Waals surface area contributed by atoms with E-state index in [0.29, 0.717) is 63.8 Å². The predicted molar refractivity (Wildman–Crippen MR) is 123 cm³/mol. The second-order valence-electron chi connectivity index (χ2n) is 8.36. The van der Waals surface area contributed by atoms with Crippen LogP contribution >= 0.6 is 0 Å². The molecule has 0 aromatic heterocycles. The molecule has 2 heterocycles. The molecule has 0 aliphatic carbocycles. The molecule has 0 unspecified atom stereocenters. The molecule has 2 aliphatic heterocycles. The van der Waals surface area contributed by atoms with E-state index >= 15 is 0 Å². The first kappa shape index (κ1) is 22.9. The summed E-state index contributed by atoms with van der Waals surface area (Å²) in [5.74, 6) is 0.0642. The Balaban J connectivity index is 1.54. The van der Waals surface area contributed by atoms with Gasteiger partial charge in [-0.2, -0.15) is 4.31 Å². The molecule has 1 atom stereocenters. The number of hydrogen-bond acceptors (Lipinski definition) is 5. The van der Waals surface area contributed by atoms with Gasteiger partial charge in [0.2, 0.25) is 15.9 Å². The summed E-state index contributed by atoms with van der Waals surface area (Å²) in [5, 5.41) is 0. The Morgan fingerprint density at radius 3 is 2.25 bits per heavy atom. The number of benzene rings is 2. The number of rotatable bonds is 5. The zero-order valence-corrected chi connectivity index (χ0v) is 19.3. The lowest BCUT2D eigenvalue weighted by Crippen LogP contribution is -2.48. The van der Waals surface area contributed by atoms with Gasteiger partial charge in [-0.25, -0.2) is 8.42 Å². The van der Waals surface area contributed by atoms with Crippen LogP contribution in [0.15, 0.2) is 59.5 Å². The normalized spacial score (nSPS) is 20.0. The van der Waals surface area contributed by atoms with Crippen LogP contribution in [0.3, 0.4) is 0 Å². The fraction of sp³-hybridized carbons (Fsp3) is 0.458. The number of morpholine rings is 1. The van der Waals surface area contributed by atoms with E-state index in [9.17, 15) is 13.2 Å². The van der Waals surface area contributed by atoms with Crippen LogP contribution in [0.25, 0.3) is 0 Å². The third-order valence-corrected chi connectivity index (χ3v) is 8.10. The van der Waals surface area contributed by atoms with Gasteiger partial charge in [0.25, 0.3) is 0 Å². The van der Waals surface area contributed by atoms with Crippen molar-refractivity contribution in [1.29, 1.82) is 0 Å². The van der Waals surface area contributed by atoms with Gasteiger partial charge < -0.3 is 9.64 Å². The number of nitrogens with zero attached hydrogens (tertiary/aromatic N) is 3. The van der Waals surface area contributed by atoms with Gasteiger partial charge in [0, 0.05) is 39.3 Å². The molecule has 2 saturated heterocycles. The van der Waals surface area contributed by atoms with Gasteiger partial charge in [-0.15, -0.1) is 0 Å².